The topological polar surface area (TPSA) is 171 Å². The summed E-state index contributed by atoms with van der Waals surface area (Å²) in [7, 11) is 0. The molecule has 0 bridgehead atoms. The van der Waals surface area contributed by atoms with Gasteiger partial charge in [-0.15, -0.1) is 0 Å². The van der Waals surface area contributed by atoms with Crippen LogP contribution in [0.4, 0.5) is 34.1 Å². The number of Topliss-reactive ketones (excluding diaryl/α,β-unsaturated/α-hetero) is 2. The highest BCUT2D eigenvalue weighted by Gasteiger charge is 2.41. The molecule has 4 aliphatic heterocycles. The summed E-state index contributed by atoms with van der Waals surface area (Å²) in [6.07, 6.45) is 0. The van der Waals surface area contributed by atoms with Crippen molar-refractivity contribution in [3.05, 3.63) is 274 Å². The highest BCUT2D eigenvalue weighted by Crippen LogP contribution is 2.47. The molecule has 410 valence electrons. The monoisotopic (exact) mass is 1130 g/mol. The van der Waals surface area contributed by atoms with Crippen LogP contribution in [0.2, 0.25) is 0 Å². The van der Waals surface area contributed by atoms with E-state index >= 15 is 0 Å². The number of hydrogen-bond donors (Lipinski definition) is 8. The van der Waals surface area contributed by atoms with Gasteiger partial charge < -0.3 is 51.4 Å². The molecular weight excluding hydrogens is 1080 g/mol. The predicted molar refractivity (Wildman–Crippen MR) is 361 cm³/mol. The van der Waals surface area contributed by atoms with Crippen LogP contribution in [0.3, 0.4) is 0 Å². The van der Waals surface area contributed by atoms with Gasteiger partial charge in [0.25, 0.3) is 0 Å². The van der Waals surface area contributed by atoms with E-state index in [4.69, 9.17) is 9.81 Å². The minimum Gasteiger partial charge on any atom is -0.506 e. The van der Waals surface area contributed by atoms with Gasteiger partial charge in [0.05, 0.1) is 33.0 Å². The van der Waals surface area contributed by atoms with E-state index in [0.717, 1.165) is 110 Å². The second-order valence-corrected chi connectivity index (χ2v) is 23.2. The third-order valence-electron chi connectivity index (χ3n) is 18.4. The lowest BCUT2D eigenvalue weighted by Gasteiger charge is -2.31. The number of anilines is 6. The van der Waals surface area contributed by atoms with Crippen molar-refractivity contribution in [2.45, 2.75) is 0 Å². The Kier molecular flexibility index (Phi) is 10.8. The fourth-order valence-electron chi connectivity index (χ4n) is 14.1. The number of allylic oxidation sites excluding steroid dienone is 4. The third kappa shape index (κ3) is 7.45. The minimum absolute atomic E-state index is 0.0466. The molecule has 12 nitrogen and oxygen atoms in total. The van der Waals surface area contributed by atoms with E-state index in [9.17, 15) is 19.8 Å². The minimum atomic E-state index is -0.367. The van der Waals surface area contributed by atoms with Crippen molar-refractivity contribution in [1.82, 2.24) is 0 Å². The fraction of sp³-hybridized carbons (Fsp3) is 0. The zero-order chi connectivity index (χ0) is 58.5. The first-order chi connectivity index (χ1) is 43.3. The number of carbonyl (C=O) groups excluding carboxylic acids is 2. The van der Waals surface area contributed by atoms with Gasteiger partial charge in [-0.1, -0.05) is 206 Å². The average molecular weight is 1130 g/mol. The molecule has 2 aliphatic carbocycles. The van der Waals surface area contributed by atoms with Crippen molar-refractivity contribution in [3.63, 3.8) is 0 Å². The van der Waals surface area contributed by atoms with E-state index in [1.54, 1.807) is 0 Å². The van der Waals surface area contributed by atoms with Crippen LogP contribution in [0.25, 0.3) is 76.5 Å². The number of benzene rings is 12. The highest BCUT2D eigenvalue weighted by molar-refractivity contribution is 6.81. The van der Waals surface area contributed by atoms with E-state index in [2.05, 4.69) is 104 Å². The fourth-order valence-corrected chi connectivity index (χ4v) is 14.1. The molecule has 4 heterocycles. The van der Waals surface area contributed by atoms with Crippen LogP contribution in [0.15, 0.2) is 252 Å². The molecule has 0 spiro atoms. The predicted octanol–water partition coefficient (Wildman–Crippen LogP) is 8.72. The van der Waals surface area contributed by atoms with E-state index in [1.165, 1.54) is 0 Å². The highest BCUT2D eigenvalue weighted by atomic mass is 16.3. The zero-order valence-corrected chi connectivity index (χ0v) is 46.9. The molecule has 6 aliphatic rings. The summed E-state index contributed by atoms with van der Waals surface area (Å²) in [5.74, 6) is -0.562. The Hall–Kier alpha value is -11.5. The molecule has 0 amide bonds. The number of aliphatic hydroxyl groups is 2. The van der Waals surface area contributed by atoms with Crippen molar-refractivity contribution < 1.29 is 19.8 Å². The van der Waals surface area contributed by atoms with E-state index in [-0.39, 0.29) is 73.3 Å². The Morgan fingerprint density at radius 2 is 0.670 bits per heavy atom. The Morgan fingerprint density at radius 3 is 1.06 bits per heavy atom. The maximum absolute atomic E-state index is 14.7. The van der Waals surface area contributed by atoms with Gasteiger partial charge in [-0.3, -0.25) is 9.59 Å². The van der Waals surface area contributed by atoms with Crippen molar-refractivity contribution in [2.75, 3.05) is 31.4 Å². The first-order valence-electron chi connectivity index (χ1n) is 29.5. The largest absolute Gasteiger partial charge is 0.506 e. The van der Waals surface area contributed by atoms with Crippen LogP contribution in [0.1, 0.15) is 11.1 Å². The van der Waals surface area contributed by atoms with Gasteiger partial charge >= 0.3 is 27.9 Å². The number of hydrogen-bond acceptors (Lipinski definition) is 12. The van der Waals surface area contributed by atoms with Gasteiger partial charge in [-0.05, 0) is 78.8 Å². The van der Waals surface area contributed by atoms with E-state index in [0.29, 0.717) is 32.3 Å². The molecule has 12 aromatic rings. The molecule has 0 unspecified atom stereocenters. The summed E-state index contributed by atoms with van der Waals surface area (Å²) < 4.78 is 0. The van der Waals surface area contributed by atoms with Crippen molar-refractivity contribution in [3.8, 4) is 11.1 Å². The maximum Gasteiger partial charge on any atom is 0.427 e. The summed E-state index contributed by atoms with van der Waals surface area (Å²) in [5.41, 5.74) is 13.6. The van der Waals surface area contributed by atoms with Crippen molar-refractivity contribution >= 4 is 161 Å². The molecule has 8 N–H and O–H groups in total. The number of nitrogens with zero attached hydrogens (tertiary/aromatic N) is 2. The van der Waals surface area contributed by atoms with Crippen LogP contribution in [0.5, 0.6) is 0 Å². The molecule has 0 fully saturated rings. The summed E-state index contributed by atoms with van der Waals surface area (Å²) in [5, 5.41) is 56.6. The maximum atomic E-state index is 14.7. The quantitative estimate of drug-likeness (QED) is 0.0723. The SMILES string of the molecule is O=C1C(c2ccc3cccc4c3c2NB(c2ccc(-c3ccc(B5Nc6cccc7ccc(C8=C(O)C(=c9ccc%10cccc%11c%10c9=NB(c9ccccc9)N%11)C8=O)c(c67)N5)cc3)cc2)N4)=C(O)C1=c1ccc2cccc3c2c1=NB(c1ccccc1)N3. The number of carbonyl (C=O) groups is 2. The smallest absolute Gasteiger partial charge is 0.427 e. The average Bonchev–Trinajstić information content (AvgIpc) is 0.990. The summed E-state index contributed by atoms with van der Waals surface area (Å²) in [6, 6.07) is 77.1. The van der Waals surface area contributed by atoms with E-state index < -0.39 is 0 Å². The van der Waals surface area contributed by atoms with Gasteiger partial charge in [0, 0.05) is 77.2 Å². The number of aliphatic hydroxyl groups excluding tert-OH is 2. The van der Waals surface area contributed by atoms with Gasteiger partial charge in [-0.2, -0.15) is 0 Å². The first-order valence-corrected chi connectivity index (χ1v) is 29.5. The van der Waals surface area contributed by atoms with Crippen LogP contribution in [-0.4, -0.2) is 49.7 Å². The normalized spacial score (nSPS) is 16.5. The lowest BCUT2D eigenvalue weighted by molar-refractivity contribution is -0.110. The van der Waals surface area contributed by atoms with Crippen molar-refractivity contribution in [1.29, 1.82) is 0 Å². The van der Waals surface area contributed by atoms with Gasteiger partial charge in [0.15, 0.2) is 0 Å². The lowest BCUT2D eigenvalue weighted by Crippen LogP contribution is -2.48. The summed E-state index contributed by atoms with van der Waals surface area (Å²) >= 11 is 0. The summed E-state index contributed by atoms with van der Waals surface area (Å²) in [4.78, 5) is 39.7. The standard InChI is InChI=1S/C72H46B4N8O4/c85-69-61(49-35-27-41-11-7-19-53-57(41)65(49)81-73(77-53)45-15-3-1-4-16-45)70(86)63(69)51-37-29-43-13-9-21-55-59(43)67(51)83-75(79-55)47-31-23-39(24-32-47)40-25-33-48(34-26-40)76-80-56-22-10-14-44-30-38-52(68(84-76)60(44)56)64-71(87)62(72(64)88)50-36-28-42-12-8-20-54-58(42)66(50)82-74(78-54)46-17-5-2-6-18-46/h1-38,77-80,83-85,87H. The Bertz CT molecular complexity index is 5150. The molecule has 0 saturated heterocycles. The molecule has 0 atom stereocenters. The van der Waals surface area contributed by atoms with Crippen LogP contribution < -0.4 is 74.4 Å². The van der Waals surface area contributed by atoms with Crippen LogP contribution >= 0.6 is 0 Å². The Balaban J connectivity index is 0.639. The van der Waals surface area contributed by atoms with E-state index in [1.807, 2.05) is 158 Å². The molecule has 88 heavy (non-hydrogen) atoms. The van der Waals surface area contributed by atoms with Gasteiger partial charge in [0.2, 0.25) is 11.6 Å². The van der Waals surface area contributed by atoms with Crippen molar-refractivity contribution in [2.24, 2.45) is 9.81 Å². The van der Waals surface area contributed by atoms with Crippen LogP contribution in [-0.2, 0) is 9.59 Å². The zero-order valence-electron chi connectivity index (χ0n) is 46.9. The number of rotatable bonds is 7. The molecule has 16 heteroatoms. The van der Waals surface area contributed by atoms with Crippen LogP contribution in [0, 0.1) is 0 Å². The Labute approximate surface area is 504 Å². The third-order valence-corrected chi connectivity index (χ3v) is 18.4. The second kappa shape index (κ2) is 19.0. The lowest BCUT2D eigenvalue weighted by atomic mass is 9.64. The van der Waals surface area contributed by atoms with Gasteiger partial charge in [0.1, 0.15) is 11.5 Å². The van der Waals surface area contributed by atoms with Gasteiger partial charge in [-0.25, -0.2) is 0 Å². The molecule has 18 rings (SSSR count). The molecule has 0 saturated carbocycles. The molecular formula is C72H46B4N8O4. The summed E-state index contributed by atoms with van der Waals surface area (Å²) in [6.45, 7) is -1.46. The molecule has 0 aromatic heterocycles. The number of nitrogens with one attached hydrogen (secondary N) is 6. The number of ketones is 2. The Morgan fingerprint density at radius 1 is 0.307 bits per heavy atom. The first kappa shape index (κ1) is 49.9. The second-order valence-electron chi connectivity index (χ2n) is 23.2. The molecule has 12 aromatic carbocycles. The molecule has 0 radical (unpaired) electrons.